The molecule has 1 aromatic rings. The number of hydrogen-bond donors (Lipinski definition) is 1. The van der Waals surface area contributed by atoms with Crippen LogP contribution in [0.25, 0.3) is 0 Å². The van der Waals surface area contributed by atoms with Gasteiger partial charge in [0.1, 0.15) is 5.69 Å². The van der Waals surface area contributed by atoms with Gasteiger partial charge in [-0.2, -0.15) is 0 Å². The average Bonchev–Trinajstić information content (AvgIpc) is 2.47. The zero-order valence-corrected chi connectivity index (χ0v) is 13.1. The zero-order chi connectivity index (χ0) is 15.7. The zero-order valence-electron chi connectivity index (χ0n) is 13.1. The summed E-state index contributed by atoms with van der Waals surface area (Å²) in [6.45, 7) is 7.76. The Balaban J connectivity index is 2.39. The molecule has 1 N–H and O–H groups in total. The molecule has 1 aromatic heterocycles. The second-order valence-corrected chi connectivity index (χ2v) is 4.93. The van der Waals surface area contributed by atoms with Gasteiger partial charge >= 0.3 is 0 Å². The lowest BCUT2D eigenvalue weighted by molar-refractivity contribution is -0.131. The molecule has 1 rings (SSSR count). The number of rotatable bonds is 8. The molecular weight excluding hydrogens is 268 g/mol. The summed E-state index contributed by atoms with van der Waals surface area (Å²) in [5.41, 5.74) is 1.03. The van der Waals surface area contributed by atoms with Crippen molar-refractivity contribution in [3.8, 4) is 0 Å². The minimum absolute atomic E-state index is 0.0778. The Labute approximate surface area is 126 Å². The largest absolute Gasteiger partial charge is 0.350 e. The molecule has 0 aliphatic carbocycles. The van der Waals surface area contributed by atoms with E-state index in [1.54, 1.807) is 6.20 Å². The second-order valence-electron chi connectivity index (χ2n) is 4.93. The van der Waals surface area contributed by atoms with Crippen LogP contribution in [-0.4, -0.2) is 46.3 Å². The van der Waals surface area contributed by atoms with E-state index in [0.29, 0.717) is 13.0 Å². The van der Waals surface area contributed by atoms with Crippen LogP contribution >= 0.6 is 0 Å². The summed E-state index contributed by atoms with van der Waals surface area (Å²) in [6.07, 6.45) is 5.18. The van der Waals surface area contributed by atoms with Gasteiger partial charge in [-0.1, -0.05) is 13.8 Å². The van der Waals surface area contributed by atoms with Gasteiger partial charge in [0.15, 0.2) is 0 Å². The molecule has 1 heterocycles. The summed E-state index contributed by atoms with van der Waals surface area (Å²) in [4.78, 5) is 33.7. The van der Waals surface area contributed by atoms with E-state index in [-0.39, 0.29) is 17.5 Å². The Morgan fingerprint density at radius 2 is 1.81 bits per heavy atom. The van der Waals surface area contributed by atoms with Crippen LogP contribution in [0.15, 0.2) is 12.4 Å². The monoisotopic (exact) mass is 292 g/mol. The molecule has 0 saturated heterocycles. The first-order valence-corrected chi connectivity index (χ1v) is 7.43. The fourth-order valence-electron chi connectivity index (χ4n) is 1.94. The standard InChI is InChI=1S/C15H24N4O2/c1-4-8-19(9-5-2)14(20)6-7-16-15(21)13-11-17-12(3)10-18-13/h10-11H,4-9H2,1-3H3,(H,16,21). The first kappa shape index (κ1) is 17.1. The van der Waals surface area contributed by atoms with Crippen molar-refractivity contribution in [2.75, 3.05) is 19.6 Å². The second kappa shape index (κ2) is 9.05. The molecule has 0 spiro atoms. The van der Waals surface area contributed by atoms with Gasteiger partial charge in [-0.25, -0.2) is 4.98 Å². The molecule has 2 amide bonds. The van der Waals surface area contributed by atoms with Gasteiger partial charge in [-0.15, -0.1) is 0 Å². The van der Waals surface area contributed by atoms with Gasteiger partial charge in [-0.3, -0.25) is 14.6 Å². The molecule has 0 bridgehead atoms. The highest BCUT2D eigenvalue weighted by atomic mass is 16.2. The van der Waals surface area contributed by atoms with Gasteiger partial charge in [0.2, 0.25) is 5.91 Å². The van der Waals surface area contributed by atoms with E-state index in [1.807, 2.05) is 25.7 Å². The van der Waals surface area contributed by atoms with Crippen LogP contribution in [0.4, 0.5) is 0 Å². The third kappa shape index (κ3) is 5.89. The number of carbonyl (C=O) groups excluding carboxylic acids is 2. The van der Waals surface area contributed by atoms with E-state index in [9.17, 15) is 9.59 Å². The Hall–Kier alpha value is -1.98. The number of nitrogens with one attached hydrogen (secondary N) is 1. The highest BCUT2D eigenvalue weighted by Gasteiger charge is 2.12. The number of nitrogens with zero attached hydrogens (tertiary/aromatic N) is 3. The van der Waals surface area contributed by atoms with Gasteiger partial charge in [-0.05, 0) is 19.8 Å². The summed E-state index contributed by atoms with van der Waals surface area (Å²) in [5.74, 6) is -0.221. The average molecular weight is 292 g/mol. The first-order chi connectivity index (χ1) is 10.1. The smallest absolute Gasteiger partial charge is 0.271 e. The van der Waals surface area contributed by atoms with Gasteiger partial charge in [0, 0.05) is 32.3 Å². The maximum atomic E-state index is 12.0. The fraction of sp³-hybridized carbons (Fsp3) is 0.600. The van der Waals surface area contributed by atoms with Crippen LogP contribution in [0.3, 0.4) is 0 Å². The number of aromatic nitrogens is 2. The maximum Gasteiger partial charge on any atom is 0.271 e. The number of amides is 2. The van der Waals surface area contributed by atoms with E-state index >= 15 is 0 Å². The molecular formula is C15H24N4O2. The molecule has 0 saturated carbocycles. The van der Waals surface area contributed by atoms with Crippen LogP contribution in [0.2, 0.25) is 0 Å². The molecule has 21 heavy (non-hydrogen) atoms. The van der Waals surface area contributed by atoms with Gasteiger partial charge in [0.25, 0.3) is 5.91 Å². The van der Waals surface area contributed by atoms with Gasteiger partial charge in [0.05, 0.1) is 11.9 Å². The van der Waals surface area contributed by atoms with Crippen molar-refractivity contribution >= 4 is 11.8 Å². The Morgan fingerprint density at radius 1 is 1.14 bits per heavy atom. The molecule has 6 heteroatoms. The minimum atomic E-state index is -0.298. The molecule has 6 nitrogen and oxygen atoms in total. The van der Waals surface area contributed by atoms with Crippen LogP contribution in [-0.2, 0) is 4.79 Å². The SMILES string of the molecule is CCCN(CCC)C(=O)CCNC(=O)c1cnc(C)cn1. The third-order valence-corrected chi connectivity index (χ3v) is 2.98. The Kier molecular flexibility index (Phi) is 7.36. The van der Waals surface area contributed by atoms with Crippen LogP contribution in [0.1, 0.15) is 49.3 Å². The molecule has 0 aliphatic heterocycles. The van der Waals surface area contributed by atoms with Crippen molar-refractivity contribution in [3.63, 3.8) is 0 Å². The minimum Gasteiger partial charge on any atom is -0.350 e. The molecule has 0 atom stereocenters. The Morgan fingerprint density at radius 3 is 2.33 bits per heavy atom. The van der Waals surface area contributed by atoms with Crippen LogP contribution < -0.4 is 5.32 Å². The molecule has 0 fully saturated rings. The maximum absolute atomic E-state index is 12.0. The van der Waals surface area contributed by atoms with E-state index < -0.39 is 0 Å². The van der Waals surface area contributed by atoms with Crippen molar-refractivity contribution in [1.82, 2.24) is 20.2 Å². The van der Waals surface area contributed by atoms with Crippen molar-refractivity contribution in [1.29, 1.82) is 0 Å². The lowest BCUT2D eigenvalue weighted by atomic mass is 10.3. The quantitative estimate of drug-likeness (QED) is 0.789. The van der Waals surface area contributed by atoms with E-state index in [0.717, 1.165) is 31.6 Å². The normalized spacial score (nSPS) is 10.2. The van der Waals surface area contributed by atoms with Gasteiger partial charge < -0.3 is 10.2 Å². The Bertz CT molecular complexity index is 453. The van der Waals surface area contributed by atoms with Crippen molar-refractivity contribution in [2.45, 2.75) is 40.0 Å². The summed E-state index contributed by atoms with van der Waals surface area (Å²) < 4.78 is 0. The summed E-state index contributed by atoms with van der Waals surface area (Å²) in [5, 5.41) is 2.70. The van der Waals surface area contributed by atoms with Crippen LogP contribution in [0, 0.1) is 6.92 Å². The first-order valence-electron chi connectivity index (χ1n) is 7.43. The van der Waals surface area contributed by atoms with Crippen LogP contribution in [0.5, 0.6) is 0 Å². The third-order valence-electron chi connectivity index (χ3n) is 2.98. The van der Waals surface area contributed by atoms with E-state index in [1.165, 1.54) is 6.20 Å². The molecule has 0 radical (unpaired) electrons. The fourth-order valence-corrected chi connectivity index (χ4v) is 1.94. The lowest BCUT2D eigenvalue weighted by Crippen LogP contribution is -2.35. The topological polar surface area (TPSA) is 75.2 Å². The van der Waals surface area contributed by atoms with E-state index in [4.69, 9.17) is 0 Å². The number of hydrogen-bond acceptors (Lipinski definition) is 4. The molecule has 0 aliphatic rings. The summed E-state index contributed by atoms with van der Waals surface area (Å²) >= 11 is 0. The molecule has 116 valence electrons. The number of aryl methyl sites for hydroxylation is 1. The van der Waals surface area contributed by atoms with Crippen molar-refractivity contribution < 1.29 is 9.59 Å². The predicted molar refractivity (Wildman–Crippen MR) is 80.9 cm³/mol. The van der Waals surface area contributed by atoms with Crippen molar-refractivity contribution in [2.24, 2.45) is 0 Å². The van der Waals surface area contributed by atoms with E-state index in [2.05, 4.69) is 15.3 Å². The highest BCUT2D eigenvalue weighted by molar-refractivity contribution is 5.92. The predicted octanol–water partition coefficient (Wildman–Crippen LogP) is 1.55. The number of carbonyl (C=O) groups is 2. The lowest BCUT2D eigenvalue weighted by Gasteiger charge is -2.21. The molecule has 0 unspecified atom stereocenters. The summed E-state index contributed by atoms with van der Waals surface area (Å²) in [6, 6.07) is 0. The highest BCUT2D eigenvalue weighted by Crippen LogP contribution is 1.99. The summed E-state index contributed by atoms with van der Waals surface area (Å²) in [7, 11) is 0. The van der Waals surface area contributed by atoms with Crippen molar-refractivity contribution in [3.05, 3.63) is 23.8 Å². The molecule has 0 aromatic carbocycles.